The zero-order valence-corrected chi connectivity index (χ0v) is 34.7. The molecule has 0 radical (unpaired) electrons. The molecule has 0 fully saturated rings. The fourth-order valence-corrected chi connectivity index (χ4v) is 5.42. The van der Waals surface area contributed by atoms with Crippen molar-refractivity contribution in [2.75, 3.05) is 39.8 Å². The average molecular weight is 835 g/mol. The lowest BCUT2D eigenvalue weighted by Crippen LogP contribution is -2.08. The van der Waals surface area contributed by atoms with E-state index in [1.165, 1.54) is 6.08 Å². The second-order valence-corrected chi connectivity index (χ2v) is 13.3. The van der Waals surface area contributed by atoms with Crippen LogP contribution in [0.1, 0.15) is 79.8 Å². The van der Waals surface area contributed by atoms with Gasteiger partial charge >= 0.3 is 17.9 Å². The van der Waals surface area contributed by atoms with Gasteiger partial charge in [-0.15, -0.1) is 0 Å². The summed E-state index contributed by atoms with van der Waals surface area (Å²) in [6.45, 7) is 11.0. The van der Waals surface area contributed by atoms with Gasteiger partial charge in [-0.1, -0.05) is 13.2 Å². The number of hydrogen-bond donors (Lipinski definition) is 0. The largest absolute Gasteiger partial charge is 0.494 e. The van der Waals surface area contributed by atoms with Crippen LogP contribution in [0.5, 0.6) is 34.5 Å². The second kappa shape index (κ2) is 27.7. The normalized spacial score (nSPS) is 10.8. The molecule has 13 nitrogen and oxygen atoms in total. The third kappa shape index (κ3) is 18.7. The smallest absolute Gasteiger partial charge is 0.343 e. The molecule has 0 aromatic heterocycles. The van der Waals surface area contributed by atoms with Crippen LogP contribution in [0, 0.1) is 0 Å². The van der Waals surface area contributed by atoms with Gasteiger partial charge in [-0.25, -0.2) is 14.4 Å². The van der Waals surface area contributed by atoms with Crippen LogP contribution in [0.3, 0.4) is 0 Å². The van der Waals surface area contributed by atoms with Crippen molar-refractivity contribution in [3.8, 4) is 34.5 Å². The first-order chi connectivity index (χ1) is 29.9. The van der Waals surface area contributed by atoms with Crippen LogP contribution in [0.25, 0.3) is 0 Å². The maximum Gasteiger partial charge on any atom is 0.343 e. The van der Waals surface area contributed by atoms with E-state index in [0.717, 1.165) is 74.3 Å². The molecule has 0 aliphatic rings. The molecule has 0 spiro atoms. The van der Waals surface area contributed by atoms with E-state index in [-0.39, 0.29) is 6.79 Å². The van der Waals surface area contributed by atoms with Crippen LogP contribution < -0.4 is 28.4 Å². The van der Waals surface area contributed by atoms with Crippen molar-refractivity contribution in [2.45, 2.75) is 58.3 Å². The molecule has 0 aliphatic heterocycles. The van der Waals surface area contributed by atoms with E-state index in [2.05, 4.69) is 23.4 Å². The van der Waals surface area contributed by atoms with Crippen molar-refractivity contribution in [2.24, 2.45) is 10.2 Å². The Balaban J connectivity index is 1.13. The highest BCUT2D eigenvalue weighted by Crippen LogP contribution is 2.29. The van der Waals surface area contributed by atoms with Crippen LogP contribution in [-0.2, 0) is 19.1 Å². The van der Waals surface area contributed by atoms with E-state index in [1.807, 2.05) is 43.3 Å². The lowest BCUT2D eigenvalue weighted by Gasteiger charge is -2.13. The van der Waals surface area contributed by atoms with E-state index in [9.17, 15) is 14.4 Å². The quantitative estimate of drug-likeness (QED) is 0.00979. The van der Waals surface area contributed by atoms with Gasteiger partial charge in [0.1, 0.15) is 23.0 Å². The predicted molar refractivity (Wildman–Crippen MR) is 233 cm³/mol. The summed E-state index contributed by atoms with van der Waals surface area (Å²) in [5, 5.41) is 8.32. The van der Waals surface area contributed by atoms with E-state index in [4.69, 9.17) is 37.9 Å². The number of rotatable bonds is 29. The molecule has 61 heavy (non-hydrogen) atoms. The Morgan fingerprint density at radius 3 is 1.52 bits per heavy atom. The number of ether oxygens (including phenoxy) is 8. The first-order valence-electron chi connectivity index (χ1n) is 20.3. The molecular formula is C48H54N2O11. The first-order valence-corrected chi connectivity index (χ1v) is 20.3. The molecule has 0 atom stereocenters. The minimum Gasteiger partial charge on any atom is -0.494 e. The molecule has 0 saturated carbocycles. The van der Waals surface area contributed by atoms with E-state index >= 15 is 0 Å². The molecule has 0 aliphatic carbocycles. The second-order valence-electron chi connectivity index (χ2n) is 13.3. The molecule has 0 N–H and O–H groups in total. The molecule has 4 aromatic rings. The van der Waals surface area contributed by atoms with E-state index in [1.54, 1.807) is 67.0 Å². The molecule has 0 saturated heterocycles. The molecule has 13 heteroatoms. The number of nitrogens with zero attached hydrogens (tertiary/aromatic N) is 2. The number of esters is 3. The zero-order chi connectivity index (χ0) is 43.3. The molecule has 4 aromatic carbocycles. The molecule has 322 valence electrons. The van der Waals surface area contributed by atoms with Gasteiger partial charge in [0.2, 0.25) is 6.79 Å². The van der Waals surface area contributed by atoms with Crippen molar-refractivity contribution in [1.29, 1.82) is 0 Å². The molecule has 0 amide bonds. The Kier molecular flexibility index (Phi) is 21.3. The molecule has 0 bridgehead atoms. The SMILES string of the molecule is C=CC(=O)OCCCCCCOc1ccc(OCOc2ccc(/C=N/N=C/c3ccc(OC(=O)c4ccc(OCCCCCCOC(=O)C=C)cc4)cc3)cc2OCC)cc1. The van der Waals surface area contributed by atoms with Gasteiger partial charge in [0.05, 0.1) is 51.0 Å². The Bertz CT molecular complexity index is 2010. The van der Waals surface area contributed by atoms with Crippen molar-refractivity contribution in [3.05, 3.63) is 133 Å². The third-order valence-electron chi connectivity index (χ3n) is 8.63. The highest BCUT2D eigenvalue weighted by molar-refractivity contribution is 5.91. The molecule has 0 heterocycles. The van der Waals surface area contributed by atoms with Crippen LogP contribution in [0.15, 0.2) is 127 Å². The number of unbranched alkanes of at least 4 members (excludes halogenated alkanes) is 6. The molecular weight excluding hydrogens is 781 g/mol. The van der Waals surface area contributed by atoms with Crippen molar-refractivity contribution in [3.63, 3.8) is 0 Å². The average Bonchev–Trinajstić information content (AvgIpc) is 3.28. The summed E-state index contributed by atoms with van der Waals surface area (Å²) >= 11 is 0. The summed E-state index contributed by atoms with van der Waals surface area (Å²) in [6, 6.07) is 26.5. The Hall–Kier alpha value is -6.89. The minimum atomic E-state index is -0.482. The minimum absolute atomic E-state index is 0.0242. The lowest BCUT2D eigenvalue weighted by molar-refractivity contribution is -0.138. The van der Waals surface area contributed by atoms with Crippen LogP contribution in [0.4, 0.5) is 0 Å². The Labute approximate surface area is 357 Å². The topological polar surface area (TPSA) is 150 Å². The highest BCUT2D eigenvalue weighted by atomic mass is 16.7. The number of hydrogen-bond acceptors (Lipinski definition) is 13. The van der Waals surface area contributed by atoms with Crippen molar-refractivity contribution >= 4 is 30.3 Å². The standard InChI is InChI=1S/C48H54N2O11/c1-4-46(51)57-31-13-9-7-11-29-55-40-22-18-39(19-23-40)48(53)61-43-20-15-37(16-21-43)34-49-50-35-38-17-28-44(45(33-38)54-6-3)60-36-59-42-26-24-41(25-27-42)56-30-12-8-10-14-32-58-47(52)5-2/h4-5,15-28,33-35H,1-2,6-14,29-32,36H2,3H3/b49-34+,50-35+. The van der Waals surface area contributed by atoms with Crippen molar-refractivity contribution in [1.82, 2.24) is 0 Å². The van der Waals surface area contributed by atoms with Gasteiger partial charge in [0.15, 0.2) is 11.5 Å². The van der Waals surface area contributed by atoms with E-state index in [0.29, 0.717) is 67.3 Å². The number of benzene rings is 4. The number of carbonyl (C=O) groups is 3. The highest BCUT2D eigenvalue weighted by Gasteiger charge is 2.10. The summed E-state index contributed by atoms with van der Waals surface area (Å²) in [7, 11) is 0. The first kappa shape index (κ1) is 46.8. The van der Waals surface area contributed by atoms with Crippen LogP contribution in [-0.4, -0.2) is 70.2 Å². The third-order valence-corrected chi connectivity index (χ3v) is 8.63. The summed E-state index contributed by atoms with van der Waals surface area (Å²) < 4.78 is 44.5. The Morgan fingerprint density at radius 2 is 0.984 bits per heavy atom. The fraction of sp³-hybridized carbons (Fsp3) is 0.312. The molecule has 4 rings (SSSR count). The predicted octanol–water partition coefficient (Wildman–Crippen LogP) is 9.51. The van der Waals surface area contributed by atoms with Gasteiger partial charge in [-0.3, -0.25) is 0 Å². The van der Waals surface area contributed by atoms with Gasteiger partial charge in [-0.05, 0) is 160 Å². The maximum absolute atomic E-state index is 12.7. The Morgan fingerprint density at radius 1 is 0.508 bits per heavy atom. The van der Waals surface area contributed by atoms with Gasteiger partial charge in [-0.2, -0.15) is 10.2 Å². The van der Waals surface area contributed by atoms with Gasteiger partial charge in [0.25, 0.3) is 0 Å². The summed E-state index contributed by atoms with van der Waals surface area (Å²) in [6.07, 6.45) is 12.7. The van der Waals surface area contributed by atoms with Gasteiger partial charge < -0.3 is 37.9 Å². The monoisotopic (exact) mass is 834 g/mol. The fourth-order valence-electron chi connectivity index (χ4n) is 5.42. The van der Waals surface area contributed by atoms with Crippen LogP contribution >= 0.6 is 0 Å². The summed E-state index contributed by atoms with van der Waals surface area (Å²) in [5.41, 5.74) is 1.93. The summed E-state index contributed by atoms with van der Waals surface area (Å²) in [4.78, 5) is 34.8. The zero-order valence-electron chi connectivity index (χ0n) is 34.7. The van der Waals surface area contributed by atoms with Crippen molar-refractivity contribution < 1.29 is 52.3 Å². The van der Waals surface area contributed by atoms with E-state index < -0.39 is 17.9 Å². The lowest BCUT2D eigenvalue weighted by atomic mass is 10.2. The maximum atomic E-state index is 12.7. The van der Waals surface area contributed by atoms with Gasteiger partial charge in [0, 0.05) is 12.2 Å². The van der Waals surface area contributed by atoms with Crippen LogP contribution in [0.2, 0.25) is 0 Å². The summed E-state index contributed by atoms with van der Waals surface area (Å²) in [5.74, 6) is 2.23. The number of carbonyl (C=O) groups excluding carboxylic acids is 3. The molecule has 0 unspecified atom stereocenters.